The van der Waals surface area contributed by atoms with E-state index < -0.39 is 0 Å². The molecule has 1 aromatic carbocycles. The molecule has 0 aromatic heterocycles. The van der Waals surface area contributed by atoms with Crippen LogP contribution in [0.1, 0.15) is 37.0 Å². The van der Waals surface area contributed by atoms with Gasteiger partial charge in [-0.1, -0.05) is 12.1 Å². The average molecular weight is 278 g/mol. The van der Waals surface area contributed by atoms with Gasteiger partial charge in [0, 0.05) is 24.7 Å². The molecule has 5 nitrogen and oxygen atoms in total. The van der Waals surface area contributed by atoms with Crippen molar-refractivity contribution in [3.63, 3.8) is 0 Å². The monoisotopic (exact) mass is 278 g/mol. The van der Waals surface area contributed by atoms with Gasteiger partial charge < -0.3 is 15.4 Å². The Kier molecular flexibility index (Phi) is 6.56. The lowest BCUT2D eigenvalue weighted by Crippen LogP contribution is -2.26. The third-order valence-corrected chi connectivity index (χ3v) is 2.69. The highest BCUT2D eigenvalue weighted by Crippen LogP contribution is 2.15. The molecule has 0 radical (unpaired) electrons. The first-order valence-corrected chi connectivity index (χ1v) is 6.75. The normalized spacial score (nSPS) is 10.2. The van der Waals surface area contributed by atoms with E-state index >= 15 is 0 Å². The van der Waals surface area contributed by atoms with Crippen molar-refractivity contribution in [3.8, 4) is 0 Å². The zero-order chi connectivity index (χ0) is 15.0. The van der Waals surface area contributed by atoms with Crippen molar-refractivity contribution in [2.75, 3.05) is 19.0 Å². The van der Waals surface area contributed by atoms with E-state index in [0.29, 0.717) is 24.9 Å². The minimum atomic E-state index is -0.263. The number of esters is 1. The molecule has 20 heavy (non-hydrogen) atoms. The number of carbonyl (C=O) groups excluding carboxylic acids is 2. The Hall–Kier alpha value is -2.04. The summed E-state index contributed by atoms with van der Waals surface area (Å²) in [7, 11) is 1.36. The maximum Gasteiger partial charge on any atom is 0.305 e. The molecule has 110 valence electrons. The van der Waals surface area contributed by atoms with E-state index in [1.165, 1.54) is 7.11 Å². The summed E-state index contributed by atoms with van der Waals surface area (Å²) >= 11 is 0. The van der Waals surface area contributed by atoms with Crippen molar-refractivity contribution in [3.05, 3.63) is 29.8 Å². The lowest BCUT2D eigenvalue weighted by molar-refractivity contribution is -0.140. The Labute approximate surface area is 119 Å². The second-order valence-corrected chi connectivity index (χ2v) is 4.78. The van der Waals surface area contributed by atoms with Gasteiger partial charge in [-0.05, 0) is 32.4 Å². The van der Waals surface area contributed by atoms with Crippen molar-refractivity contribution < 1.29 is 14.3 Å². The van der Waals surface area contributed by atoms with E-state index in [-0.39, 0.29) is 17.9 Å². The Morgan fingerprint density at radius 2 is 1.95 bits per heavy atom. The molecule has 0 aliphatic heterocycles. The number of amides is 1. The number of carbonyl (C=O) groups is 2. The molecule has 0 spiro atoms. The SMILES string of the molecule is COC(=O)CCCNC(=O)c1ccccc1NC(C)C. The summed E-state index contributed by atoms with van der Waals surface area (Å²) in [6, 6.07) is 7.63. The number of para-hydroxylation sites is 1. The first kappa shape index (κ1) is 16.0. The molecule has 0 unspecified atom stereocenters. The number of anilines is 1. The third-order valence-electron chi connectivity index (χ3n) is 2.69. The van der Waals surface area contributed by atoms with Crippen molar-refractivity contribution in [2.45, 2.75) is 32.7 Å². The van der Waals surface area contributed by atoms with Crippen LogP contribution in [0.5, 0.6) is 0 Å². The van der Waals surface area contributed by atoms with Gasteiger partial charge in [-0.2, -0.15) is 0 Å². The molecular formula is C15H22N2O3. The molecule has 0 heterocycles. The molecule has 5 heteroatoms. The van der Waals surface area contributed by atoms with Crippen LogP contribution < -0.4 is 10.6 Å². The highest BCUT2D eigenvalue weighted by molar-refractivity contribution is 5.99. The van der Waals surface area contributed by atoms with Crippen LogP contribution in [0.2, 0.25) is 0 Å². The van der Waals surface area contributed by atoms with Gasteiger partial charge in [-0.3, -0.25) is 9.59 Å². The molecule has 0 aliphatic carbocycles. The Morgan fingerprint density at radius 3 is 2.60 bits per heavy atom. The Morgan fingerprint density at radius 1 is 1.25 bits per heavy atom. The molecule has 0 saturated heterocycles. The van der Waals surface area contributed by atoms with E-state index in [9.17, 15) is 9.59 Å². The largest absolute Gasteiger partial charge is 0.469 e. The van der Waals surface area contributed by atoms with Crippen LogP contribution in [-0.2, 0) is 9.53 Å². The van der Waals surface area contributed by atoms with Crippen LogP contribution in [0.3, 0.4) is 0 Å². The predicted molar refractivity (Wildman–Crippen MR) is 78.8 cm³/mol. The number of hydrogen-bond donors (Lipinski definition) is 2. The lowest BCUT2D eigenvalue weighted by Gasteiger charge is -2.14. The van der Waals surface area contributed by atoms with E-state index in [4.69, 9.17) is 0 Å². The summed E-state index contributed by atoms with van der Waals surface area (Å²) in [4.78, 5) is 23.1. The Balaban J connectivity index is 2.53. The second kappa shape index (κ2) is 8.19. The van der Waals surface area contributed by atoms with Gasteiger partial charge >= 0.3 is 5.97 Å². The van der Waals surface area contributed by atoms with Crippen LogP contribution in [0.25, 0.3) is 0 Å². The summed E-state index contributed by atoms with van der Waals surface area (Å²) in [5.74, 6) is -0.403. The summed E-state index contributed by atoms with van der Waals surface area (Å²) in [5, 5.41) is 6.04. The first-order valence-electron chi connectivity index (χ1n) is 6.75. The molecule has 0 saturated carbocycles. The maximum atomic E-state index is 12.1. The van der Waals surface area contributed by atoms with E-state index in [1.54, 1.807) is 6.07 Å². The van der Waals surface area contributed by atoms with Crippen LogP contribution in [0.15, 0.2) is 24.3 Å². The first-order chi connectivity index (χ1) is 9.54. The second-order valence-electron chi connectivity index (χ2n) is 4.78. The molecule has 0 aliphatic rings. The fourth-order valence-corrected chi connectivity index (χ4v) is 1.75. The number of hydrogen-bond acceptors (Lipinski definition) is 4. The van der Waals surface area contributed by atoms with Gasteiger partial charge in [-0.15, -0.1) is 0 Å². The van der Waals surface area contributed by atoms with Crippen LogP contribution in [0, 0.1) is 0 Å². The number of rotatable bonds is 7. The van der Waals surface area contributed by atoms with E-state index in [2.05, 4.69) is 15.4 Å². The van der Waals surface area contributed by atoms with Crippen molar-refractivity contribution in [1.82, 2.24) is 5.32 Å². The molecule has 2 N–H and O–H groups in total. The smallest absolute Gasteiger partial charge is 0.305 e. The Bertz CT molecular complexity index is 458. The van der Waals surface area contributed by atoms with E-state index in [1.807, 2.05) is 32.0 Å². The van der Waals surface area contributed by atoms with Gasteiger partial charge in [0.15, 0.2) is 0 Å². The van der Waals surface area contributed by atoms with Crippen LogP contribution in [-0.4, -0.2) is 31.6 Å². The molecule has 1 aromatic rings. The van der Waals surface area contributed by atoms with Gasteiger partial charge in [0.25, 0.3) is 5.91 Å². The summed E-state index contributed by atoms with van der Waals surface area (Å²) in [6.07, 6.45) is 0.876. The zero-order valence-corrected chi connectivity index (χ0v) is 12.2. The molecule has 1 rings (SSSR count). The molecular weight excluding hydrogens is 256 g/mol. The average Bonchev–Trinajstić information content (AvgIpc) is 2.43. The number of methoxy groups -OCH3 is 1. The lowest BCUT2D eigenvalue weighted by atomic mass is 10.1. The third kappa shape index (κ3) is 5.30. The van der Waals surface area contributed by atoms with Gasteiger partial charge in [-0.25, -0.2) is 0 Å². The van der Waals surface area contributed by atoms with Gasteiger partial charge in [0.05, 0.1) is 12.7 Å². The van der Waals surface area contributed by atoms with Crippen molar-refractivity contribution in [2.24, 2.45) is 0 Å². The highest BCUT2D eigenvalue weighted by Gasteiger charge is 2.11. The fourth-order valence-electron chi connectivity index (χ4n) is 1.75. The quantitative estimate of drug-likeness (QED) is 0.592. The highest BCUT2D eigenvalue weighted by atomic mass is 16.5. The minimum absolute atomic E-state index is 0.140. The molecule has 0 fully saturated rings. The number of ether oxygens (including phenoxy) is 1. The summed E-state index contributed by atoms with van der Waals surface area (Å²) in [5.41, 5.74) is 1.42. The van der Waals surface area contributed by atoms with Crippen LogP contribution >= 0.6 is 0 Å². The molecule has 0 atom stereocenters. The summed E-state index contributed by atoms with van der Waals surface area (Å²) in [6.45, 7) is 4.49. The maximum absolute atomic E-state index is 12.1. The van der Waals surface area contributed by atoms with Crippen LogP contribution in [0.4, 0.5) is 5.69 Å². The molecule has 1 amide bonds. The zero-order valence-electron chi connectivity index (χ0n) is 12.2. The fraction of sp³-hybridized carbons (Fsp3) is 0.467. The molecule has 0 bridgehead atoms. The summed E-state index contributed by atoms with van der Waals surface area (Å²) < 4.78 is 4.54. The minimum Gasteiger partial charge on any atom is -0.469 e. The standard InChI is InChI=1S/C15H22N2O3/c1-11(2)17-13-8-5-4-7-12(13)15(19)16-10-6-9-14(18)20-3/h4-5,7-8,11,17H,6,9-10H2,1-3H3,(H,16,19). The van der Waals surface area contributed by atoms with Crippen molar-refractivity contribution in [1.29, 1.82) is 0 Å². The number of nitrogens with one attached hydrogen (secondary N) is 2. The van der Waals surface area contributed by atoms with Gasteiger partial charge in [0.1, 0.15) is 0 Å². The predicted octanol–water partition coefficient (Wildman–Crippen LogP) is 2.19. The van der Waals surface area contributed by atoms with Gasteiger partial charge in [0.2, 0.25) is 0 Å². The number of benzene rings is 1. The van der Waals surface area contributed by atoms with E-state index in [0.717, 1.165) is 5.69 Å². The van der Waals surface area contributed by atoms with Crippen molar-refractivity contribution >= 4 is 17.6 Å². The topological polar surface area (TPSA) is 67.4 Å².